The summed E-state index contributed by atoms with van der Waals surface area (Å²) >= 11 is 0. The summed E-state index contributed by atoms with van der Waals surface area (Å²) < 4.78 is 21.8. The fourth-order valence-electron chi connectivity index (χ4n) is 3.08. The molecule has 7 heteroatoms. The fourth-order valence-corrected chi connectivity index (χ4v) is 3.08. The molecule has 28 heavy (non-hydrogen) atoms. The minimum atomic E-state index is 0.0723. The second-order valence-corrected chi connectivity index (χ2v) is 6.78. The van der Waals surface area contributed by atoms with E-state index in [4.69, 9.17) is 18.6 Å². The summed E-state index contributed by atoms with van der Waals surface area (Å²) in [7, 11) is 0. The van der Waals surface area contributed by atoms with E-state index in [1.165, 1.54) is 0 Å². The Balaban J connectivity index is 1.60. The van der Waals surface area contributed by atoms with Crippen molar-refractivity contribution in [1.82, 2.24) is 4.90 Å². The molecule has 0 saturated carbocycles. The Morgan fingerprint density at radius 2 is 2.04 bits per heavy atom. The zero-order chi connectivity index (χ0) is 19.8. The summed E-state index contributed by atoms with van der Waals surface area (Å²) in [4.78, 5) is 14.7. The van der Waals surface area contributed by atoms with E-state index >= 15 is 0 Å². The molecule has 2 N–H and O–H groups in total. The van der Waals surface area contributed by atoms with E-state index in [9.17, 15) is 4.79 Å². The Labute approximate surface area is 165 Å². The van der Waals surface area contributed by atoms with Crippen LogP contribution in [0.4, 0.5) is 0 Å². The molecule has 1 aromatic carbocycles. The Morgan fingerprint density at radius 3 is 2.82 bits per heavy atom. The van der Waals surface area contributed by atoms with Crippen molar-refractivity contribution in [3.05, 3.63) is 47.4 Å². The number of fused-ring (bicyclic) bond motifs is 1. The summed E-state index contributed by atoms with van der Waals surface area (Å²) in [5.41, 5.74) is 0.997. The molecule has 0 aliphatic carbocycles. The average Bonchev–Trinajstić information content (AvgIpc) is 3.32. The van der Waals surface area contributed by atoms with Gasteiger partial charge in [0.05, 0.1) is 19.7 Å². The van der Waals surface area contributed by atoms with Gasteiger partial charge in [-0.15, -0.1) is 0 Å². The highest BCUT2D eigenvalue weighted by atomic mass is 16.7. The third-order valence-corrected chi connectivity index (χ3v) is 4.53. The van der Waals surface area contributed by atoms with Crippen molar-refractivity contribution in [2.24, 2.45) is 0 Å². The van der Waals surface area contributed by atoms with Gasteiger partial charge < -0.3 is 28.8 Å². The highest BCUT2D eigenvalue weighted by molar-refractivity contribution is 5.77. The second-order valence-electron chi connectivity index (χ2n) is 6.78. The maximum atomic E-state index is 12.8. The van der Waals surface area contributed by atoms with Gasteiger partial charge in [0.25, 0.3) is 5.91 Å². The third-order valence-electron chi connectivity index (χ3n) is 4.53. The van der Waals surface area contributed by atoms with Gasteiger partial charge in [-0.1, -0.05) is 6.07 Å². The van der Waals surface area contributed by atoms with Crippen molar-refractivity contribution in [3.8, 4) is 11.5 Å². The van der Waals surface area contributed by atoms with E-state index in [0.717, 1.165) is 54.8 Å². The normalized spacial score (nSPS) is 12.4. The number of amides is 1. The molecule has 1 aromatic heterocycles. The second kappa shape index (κ2) is 10.1. The van der Waals surface area contributed by atoms with E-state index in [0.29, 0.717) is 19.6 Å². The van der Waals surface area contributed by atoms with E-state index in [-0.39, 0.29) is 12.7 Å². The van der Waals surface area contributed by atoms with Crippen LogP contribution in [0.5, 0.6) is 11.5 Å². The van der Waals surface area contributed by atoms with Crippen molar-refractivity contribution < 1.29 is 28.7 Å². The summed E-state index contributed by atoms with van der Waals surface area (Å²) in [6.45, 7) is 7.77. The minimum absolute atomic E-state index is 0.0723. The first-order valence-corrected chi connectivity index (χ1v) is 9.76. The topological polar surface area (TPSA) is 77.8 Å². The summed E-state index contributed by atoms with van der Waals surface area (Å²) in [5, 5.41) is 2.03. The zero-order valence-electron chi connectivity index (χ0n) is 16.6. The van der Waals surface area contributed by atoms with Crippen LogP contribution in [0.25, 0.3) is 0 Å². The van der Waals surface area contributed by atoms with Gasteiger partial charge in [0.15, 0.2) is 18.0 Å². The van der Waals surface area contributed by atoms with E-state index in [1.807, 2.05) is 54.4 Å². The lowest BCUT2D eigenvalue weighted by molar-refractivity contribution is -0.645. The SMILES string of the molecule is CCOCCC[NH2+]CC(=O)N(Cc1ccc2c(c1)OCO2)Cc1ccc(C)o1. The molecule has 3 rings (SSSR count). The standard InChI is InChI=1S/C21H28N2O5/c1-3-25-10-4-9-22-12-21(24)23(14-18-7-5-16(2)28-18)13-17-6-8-19-20(11-17)27-15-26-19/h5-8,11,22H,3-4,9-10,12-15H2,1-2H3/p+1. The molecule has 0 unspecified atom stereocenters. The van der Waals surface area contributed by atoms with Gasteiger partial charge in [0, 0.05) is 19.6 Å². The van der Waals surface area contributed by atoms with Gasteiger partial charge in [0.1, 0.15) is 11.5 Å². The molecule has 0 fully saturated rings. The van der Waals surface area contributed by atoms with Crippen LogP contribution in [0.3, 0.4) is 0 Å². The highest BCUT2D eigenvalue weighted by Gasteiger charge is 2.20. The first kappa shape index (κ1) is 20.2. The Kier molecular flexibility index (Phi) is 7.33. The molecule has 0 bridgehead atoms. The van der Waals surface area contributed by atoms with Gasteiger partial charge in [0.2, 0.25) is 6.79 Å². The molecule has 2 aromatic rings. The lowest BCUT2D eigenvalue weighted by Gasteiger charge is -2.21. The van der Waals surface area contributed by atoms with E-state index < -0.39 is 0 Å². The lowest BCUT2D eigenvalue weighted by atomic mass is 10.2. The van der Waals surface area contributed by atoms with Crippen LogP contribution in [0.15, 0.2) is 34.7 Å². The van der Waals surface area contributed by atoms with Gasteiger partial charge in [-0.05, 0) is 43.7 Å². The molecule has 1 aliphatic rings. The predicted octanol–water partition coefficient (Wildman–Crippen LogP) is 1.84. The summed E-state index contributed by atoms with van der Waals surface area (Å²) in [6.07, 6.45) is 0.931. The number of hydrogen-bond donors (Lipinski definition) is 1. The monoisotopic (exact) mass is 389 g/mol. The molecule has 1 amide bonds. The molecule has 152 valence electrons. The first-order chi connectivity index (χ1) is 13.7. The number of rotatable bonds is 11. The zero-order valence-corrected chi connectivity index (χ0v) is 16.6. The van der Waals surface area contributed by atoms with Crippen LogP contribution in [0.1, 0.15) is 30.4 Å². The van der Waals surface area contributed by atoms with Crippen molar-refractivity contribution >= 4 is 5.91 Å². The average molecular weight is 389 g/mol. The Morgan fingerprint density at radius 1 is 1.18 bits per heavy atom. The van der Waals surface area contributed by atoms with Crippen LogP contribution in [0, 0.1) is 6.92 Å². The first-order valence-electron chi connectivity index (χ1n) is 9.76. The van der Waals surface area contributed by atoms with Crippen molar-refractivity contribution in [2.45, 2.75) is 33.4 Å². The Hall–Kier alpha value is -2.51. The maximum Gasteiger partial charge on any atom is 0.278 e. The van der Waals surface area contributed by atoms with Gasteiger partial charge >= 0.3 is 0 Å². The van der Waals surface area contributed by atoms with Crippen LogP contribution in [-0.2, 0) is 22.6 Å². The number of nitrogens with two attached hydrogens (primary N) is 1. The number of nitrogens with zero attached hydrogens (tertiary/aromatic N) is 1. The number of ether oxygens (including phenoxy) is 3. The summed E-state index contributed by atoms with van der Waals surface area (Å²) in [6, 6.07) is 9.62. The van der Waals surface area contributed by atoms with Gasteiger partial charge in [-0.25, -0.2) is 0 Å². The largest absolute Gasteiger partial charge is 0.464 e. The quantitative estimate of drug-likeness (QED) is 0.594. The third kappa shape index (κ3) is 5.74. The van der Waals surface area contributed by atoms with E-state index in [1.54, 1.807) is 0 Å². The fraction of sp³-hybridized carbons (Fsp3) is 0.476. The molecule has 7 nitrogen and oxygen atoms in total. The van der Waals surface area contributed by atoms with Crippen LogP contribution in [-0.4, -0.2) is 43.9 Å². The molecular weight excluding hydrogens is 360 g/mol. The molecule has 0 saturated heterocycles. The van der Waals surface area contributed by atoms with Crippen LogP contribution in [0.2, 0.25) is 0 Å². The highest BCUT2D eigenvalue weighted by Crippen LogP contribution is 2.32. The van der Waals surface area contributed by atoms with E-state index in [2.05, 4.69) is 0 Å². The Bertz CT molecular complexity index is 774. The number of furan rings is 1. The minimum Gasteiger partial charge on any atom is -0.464 e. The predicted molar refractivity (Wildman–Crippen MR) is 103 cm³/mol. The van der Waals surface area contributed by atoms with Crippen LogP contribution >= 0.6 is 0 Å². The van der Waals surface area contributed by atoms with Crippen molar-refractivity contribution in [3.63, 3.8) is 0 Å². The number of carbonyl (C=O) groups is 1. The number of quaternary nitrogens is 1. The number of hydrogen-bond acceptors (Lipinski definition) is 5. The molecule has 0 atom stereocenters. The van der Waals surface area contributed by atoms with Crippen molar-refractivity contribution in [2.75, 3.05) is 33.1 Å². The maximum absolute atomic E-state index is 12.8. The van der Waals surface area contributed by atoms with Crippen molar-refractivity contribution in [1.29, 1.82) is 0 Å². The van der Waals surface area contributed by atoms with Gasteiger partial charge in [-0.3, -0.25) is 4.79 Å². The number of benzene rings is 1. The van der Waals surface area contributed by atoms with Gasteiger partial charge in [-0.2, -0.15) is 0 Å². The molecule has 1 aliphatic heterocycles. The lowest BCUT2D eigenvalue weighted by Crippen LogP contribution is -2.86. The molecular formula is C21H29N2O5+. The molecule has 2 heterocycles. The molecule has 0 spiro atoms. The number of aryl methyl sites for hydroxylation is 1. The smallest absolute Gasteiger partial charge is 0.278 e. The summed E-state index contributed by atoms with van der Waals surface area (Å²) in [5.74, 6) is 3.16. The molecule has 0 radical (unpaired) electrons. The van der Waals surface area contributed by atoms with Crippen LogP contribution < -0.4 is 14.8 Å². The number of carbonyl (C=O) groups excluding carboxylic acids is 1.